The number of rotatable bonds is 1. The van der Waals surface area contributed by atoms with Crippen molar-refractivity contribution in [3.63, 3.8) is 0 Å². The van der Waals surface area contributed by atoms with Crippen LogP contribution in [0.3, 0.4) is 0 Å². The molecule has 1 aromatic carbocycles. The Labute approximate surface area is 89.1 Å². The van der Waals surface area contributed by atoms with Crippen molar-refractivity contribution in [2.24, 2.45) is 0 Å². The third-order valence-electron chi connectivity index (χ3n) is 3.11. The Bertz CT molecular complexity index is 414. The van der Waals surface area contributed by atoms with Crippen LogP contribution in [0.2, 0.25) is 0 Å². The topological polar surface area (TPSA) is 70.0 Å². The minimum atomic E-state index is 0.235. The lowest BCUT2D eigenvalue weighted by Gasteiger charge is -2.12. The first-order valence-electron chi connectivity index (χ1n) is 5.25. The monoisotopic (exact) mass is 202 g/mol. The molecule has 0 aromatic heterocycles. The minimum Gasteiger partial charge on any atom is -0.508 e. The number of nitrogens with zero attached hydrogens (tertiary/aromatic N) is 1. The number of nitrogens with two attached hydrogens (primary N) is 1. The van der Waals surface area contributed by atoms with Gasteiger partial charge in [0.25, 0.3) is 0 Å². The van der Waals surface area contributed by atoms with Crippen molar-refractivity contribution in [2.45, 2.75) is 31.6 Å². The molecule has 1 aliphatic carbocycles. The first-order chi connectivity index (χ1) is 7.22. The number of nitrogen functional groups attached to an aromatic ring is 1. The van der Waals surface area contributed by atoms with E-state index in [1.165, 1.54) is 18.9 Å². The van der Waals surface area contributed by atoms with E-state index in [9.17, 15) is 5.11 Å². The Morgan fingerprint density at radius 3 is 2.60 bits per heavy atom. The molecule has 1 fully saturated rings. The van der Waals surface area contributed by atoms with E-state index in [1.54, 1.807) is 6.07 Å². The quantitative estimate of drug-likeness (QED) is 0.687. The summed E-state index contributed by atoms with van der Waals surface area (Å²) in [5.41, 5.74) is 7.33. The Morgan fingerprint density at radius 2 is 2.00 bits per heavy atom. The Kier molecular flexibility index (Phi) is 2.51. The van der Waals surface area contributed by atoms with Crippen LogP contribution in [0.15, 0.2) is 12.1 Å². The van der Waals surface area contributed by atoms with Crippen molar-refractivity contribution < 1.29 is 5.11 Å². The highest BCUT2D eigenvalue weighted by Gasteiger charge is 2.21. The molecule has 0 amide bonds. The maximum Gasteiger partial charge on any atom is 0.121 e. The van der Waals surface area contributed by atoms with Crippen molar-refractivity contribution in [1.82, 2.24) is 0 Å². The van der Waals surface area contributed by atoms with Crippen LogP contribution in [-0.2, 0) is 0 Å². The minimum absolute atomic E-state index is 0.235. The first kappa shape index (κ1) is 9.85. The molecule has 0 atom stereocenters. The number of phenols is 1. The SMILES string of the molecule is N#Cc1cc(C2CCCC2)c(O)cc1N. The van der Waals surface area contributed by atoms with Gasteiger partial charge in [-0.25, -0.2) is 0 Å². The highest BCUT2D eigenvalue weighted by Crippen LogP contribution is 2.39. The molecule has 1 aromatic rings. The zero-order chi connectivity index (χ0) is 10.8. The fourth-order valence-corrected chi connectivity index (χ4v) is 2.28. The van der Waals surface area contributed by atoms with Gasteiger partial charge in [0.2, 0.25) is 0 Å². The van der Waals surface area contributed by atoms with Gasteiger partial charge in [-0.2, -0.15) is 5.26 Å². The lowest BCUT2D eigenvalue weighted by Crippen LogP contribution is -1.97. The number of phenolic OH excluding ortho intramolecular Hbond substituents is 1. The van der Waals surface area contributed by atoms with Gasteiger partial charge in [0, 0.05) is 6.07 Å². The van der Waals surface area contributed by atoms with Gasteiger partial charge in [-0.05, 0) is 30.4 Å². The second-order valence-electron chi connectivity index (χ2n) is 4.09. The third-order valence-corrected chi connectivity index (χ3v) is 3.11. The summed E-state index contributed by atoms with van der Waals surface area (Å²) in [6, 6.07) is 5.28. The molecular weight excluding hydrogens is 188 g/mol. The standard InChI is InChI=1S/C12H14N2O/c13-7-9-5-10(8-3-1-2-4-8)12(15)6-11(9)14/h5-6,8,15H,1-4,14H2. The second kappa shape index (κ2) is 3.82. The number of hydrogen-bond donors (Lipinski definition) is 2. The fraction of sp³-hybridized carbons (Fsp3) is 0.417. The summed E-state index contributed by atoms with van der Waals surface area (Å²) in [6.07, 6.45) is 4.61. The number of hydrogen-bond acceptors (Lipinski definition) is 3. The summed E-state index contributed by atoms with van der Waals surface area (Å²) in [5, 5.41) is 18.6. The predicted octanol–water partition coefficient (Wildman–Crippen LogP) is 2.50. The maximum atomic E-state index is 9.78. The first-order valence-corrected chi connectivity index (χ1v) is 5.25. The van der Waals surface area contributed by atoms with E-state index in [1.807, 2.05) is 0 Å². The average molecular weight is 202 g/mol. The van der Waals surface area contributed by atoms with Gasteiger partial charge in [0.15, 0.2) is 0 Å². The molecule has 2 rings (SSSR count). The Hall–Kier alpha value is -1.69. The van der Waals surface area contributed by atoms with E-state index < -0.39 is 0 Å². The van der Waals surface area contributed by atoms with Gasteiger partial charge >= 0.3 is 0 Å². The molecule has 0 bridgehead atoms. The van der Waals surface area contributed by atoms with Gasteiger partial charge in [-0.3, -0.25) is 0 Å². The number of aromatic hydroxyl groups is 1. The van der Waals surface area contributed by atoms with Crippen LogP contribution in [0.1, 0.15) is 42.7 Å². The second-order valence-corrected chi connectivity index (χ2v) is 4.09. The molecule has 3 N–H and O–H groups in total. The van der Waals surface area contributed by atoms with Crippen LogP contribution in [0.4, 0.5) is 5.69 Å². The largest absolute Gasteiger partial charge is 0.508 e. The summed E-state index contributed by atoms with van der Waals surface area (Å²) >= 11 is 0. The summed E-state index contributed by atoms with van der Waals surface area (Å²) in [7, 11) is 0. The zero-order valence-electron chi connectivity index (χ0n) is 8.53. The maximum absolute atomic E-state index is 9.78. The molecule has 3 nitrogen and oxygen atoms in total. The summed E-state index contributed by atoms with van der Waals surface area (Å²) in [5.74, 6) is 0.635. The highest BCUT2D eigenvalue weighted by atomic mass is 16.3. The molecule has 0 unspecified atom stereocenters. The third kappa shape index (κ3) is 1.75. The van der Waals surface area contributed by atoms with Gasteiger partial charge in [-0.15, -0.1) is 0 Å². The molecule has 0 heterocycles. The number of anilines is 1. The molecular formula is C12H14N2O. The number of benzene rings is 1. The summed E-state index contributed by atoms with van der Waals surface area (Å²) in [6.45, 7) is 0. The predicted molar refractivity (Wildman–Crippen MR) is 58.4 cm³/mol. The van der Waals surface area contributed by atoms with E-state index in [0.717, 1.165) is 18.4 Å². The van der Waals surface area contributed by atoms with Crippen molar-refractivity contribution >= 4 is 5.69 Å². The van der Waals surface area contributed by atoms with Crippen molar-refractivity contribution in [3.05, 3.63) is 23.3 Å². The molecule has 15 heavy (non-hydrogen) atoms. The molecule has 0 saturated heterocycles. The van der Waals surface area contributed by atoms with Crippen LogP contribution < -0.4 is 5.73 Å². The lowest BCUT2D eigenvalue weighted by molar-refractivity contribution is 0.461. The van der Waals surface area contributed by atoms with E-state index in [-0.39, 0.29) is 5.75 Å². The van der Waals surface area contributed by atoms with E-state index in [2.05, 4.69) is 6.07 Å². The normalized spacial score (nSPS) is 16.5. The van der Waals surface area contributed by atoms with Crippen LogP contribution in [0.25, 0.3) is 0 Å². The van der Waals surface area contributed by atoms with E-state index >= 15 is 0 Å². The molecule has 1 aliphatic rings. The van der Waals surface area contributed by atoms with Crippen LogP contribution in [0, 0.1) is 11.3 Å². The number of nitriles is 1. The molecule has 0 spiro atoms. The van der Waals surface area contributed by atoms with E-state index in [0.29, 0.717) is 17.2 Å². The van der Waals surface area contributed by atoms with Crippen LogP contribution in [0.5, 0.6) is 5.75 Å². The van der Waals surface area contributed by atoms with Crippen molar-refractivity contribution in [1.29, 1.82) is 5.26 Å². The highest BCUT2D eigenvalue weighted by molar-refractivity contribution is 5.60. The molecule has 3 heteroatoms. The van der Waals surface area contributed by atoms with Gasteiger partial charge in [-0.1, -0.05) is 12.8 Å². The molecule has 0 radical (unpaired) electrons. The summed E-state index contributed by atoms with van der Waals surface area (Å²) in [4.78, 5) is 0. The molecule has 1 saturated carbocycles. The smallest absolute Gasteiger partial charge is 0.121 e. The lowest BCUT2D eigenvalue weighted by atomic mass is 9.94. The van der Waals surface area contributed by atoms with Gasteiger partial charge in [0.1, 0.15) is 11.8 Å². The Morgan fingerprint density at radius 1 is 1.33 bits per heavy atom. The molecule has 0 aliphatic heterocycles. The van der Waals surface area contributed by atoms with E-state index in [4.69, 9.17) is 11.0 Å². The van der Waals surface area contributed by atoms with Gasteiger partial charge < -0.3 is 10.8 Å². The van der Waals surface area contributed by atoms with Crippen molar-refractivity contribution in [2.75, 3.05) is 5.73 Å². The average Bonchev–Trinajstić information content (AvgIpc) is 2.71. The summed E-state index contributed by atoms with van der Waals surface area (Å²) < 4.78 is 0. The van der Waals surface area contributed by atoms with Crippen molar-refractivity contribution in [3.8, 4) is 11.8 Å². The molecule has 78 valence electrons. The Balaban J connectivity index is 2.42. The zero-order valence-corrected chi connectivity index (χ0v) is 8.53. The van der Waals surface area contributed by atoms with Crippen LogP contribution in [-0.4, -0.2) is 5.11 Å². The fourth-order valence-electron chi connectivity index (χ4n) is 2.28. The van der Waals surface area contributed by atoms with Crippen LogP contribution >= 0.6 is 0 Å². The van der Waals surface area contributed by atoms with Gasteiger partial charge in [0.05, 0.1) is 11.3 Å².